The molecule has 2 aromatic carbocycles. The Kier molecular flexibility index (Phi) is 4.93. The third-order valence-electron chi connectivity index (χ3n) is 4.15. The highest BCUT2D eigenvalue weighted by Gasteiger charge is 2.22. The quantitative estimate of drug-likeness (QED) is 0.756. The van der Waals surface area contributed by atoms with Gasteiger partial charge in [-0.15, -0.1) is 0 Å². The van der Waals surface area contributed by atoms with Gasteiger partial charge in [0.2, 0.25) is 0 Å². The van der Waals surface area contributed by atoms with Crippen LogP contribution in [0.25, 0.3) is 0 Å². The van der Waals surface area contributed by atoms with Crippen molar-refractivity contribution < 1.29 is 4.79 Å². The van der Waals surface area contributed by atoms with Gasteiger partial charge >= 0.3 is 0 Å². The van der Waals surface area contributed by atoms with Gasteiger partial charge < -0.3 is 9.80 Å². The van der Waals surface area contributed by atoms with E-state index in [1.807, 2.05) is 17.0 Å². The molecule has 23 heavy (non-hydrogen) atoms. The molecule has 2 aromatic rings. The molecule has 0 spiro atoms. The van der Waals surface area contributed by atoms with Crippen LogP contribution in [-0.2, 0) is 0 Å². The summed E-state index contributed by atoms with van der Waals surface area (Å²) in [5, 5.41) is 0.597. The lowest BCUT2D eigenvalue weighted by atomic mass is 10.1. The lowest BCUT2D eigenvalue weighted by Gasteiger charge is -2.36. The smallest absolute Gasteiger partial charge is 0.254 e. The fraction of sp³-hybridized carbons (Fsp3) is 0.278. The van der Waals surface area contributed by atoms with Crippen molar-refractivity contribution in [1.29, 1.82) is 0 Å². The fourth-order valence-electron chi connectivity index (χ4n) is 2.80. The largest absolute Gasteiger partial charge is 0.368 e. The lowest BCUT2D eigenvalue weighted by molar-refractivity contribution is 0.0747. The fourth-order valence-corrected chi connectivity index (χ4v) is 3.23. The predicted octanol–water partition coefficient (Wildman–Crippen LogP) is 4.37. The van der Waals surface area contributed by atoms with Gasteiger partial charge in [0, 0.05) is 46.9 Å². The zero-order valence-electron chi connectivity index (χ0n) is 12.9. The number of aryl methyl sites for hydroxylation is 1. The molecule has 1 heterocycles. The maximum Gasteiger partial charge on any atom is 0.254 e. The molecular weight excluding hydrogens is 376 g/mol. The Morgan fingerprint density at radius 2 is 1.83 bits per heavy atom. The molecule has 0 atom stereocenters. The van der Waals surface area contributed by atoms with Gasteiger partial charge in [0.25, 0.3) is 5.91 Å². The Hall–Kier alpha value is -1.52. The topological polar surface area (TPSA) is 23.6 Å². The number of rotatable bonds is 2. The Labute approximate surface area is 150 Å². The van der Waals surface area contributed by atoms with Gasteiger partial charge in [-0.25, -0.2) is 0 Å². The number of nitrogens with zero attached hydrogens (tertiary/aromatic N) is 2. The molecule has 1 amide bonds. The minimum absolute atomic E-state index is 0.0548. The number of benzene rings is 2. The van der Waals surface area contributed by atoms with Gasteiger partial charge in [-0.2, -0.15) is 0 Å². The molecule has 1 aliphatic rings. The van der Waals surface area contributed by atoms with E-state index in [9.17, 15) is 4.79 Å². The summed E-state index contributed by atoms with van der Waals surface area (Å²) in [6, 6.07) is 13.5. The van der Waals surface area contributed by atoms with E-state index in [1.54, 1.807) is 12.1 Å². The van der Waals surface area contributed by atoms with Crippen LogP contribution >= 0.6 is 27.5 Å². The highest BCUT2D eigenvalue weighted by Crippen LogP contribution is 2.24. The van der Waals surface area contributed by atoms with E-state index in [0.717, 1.165) is 30.7 Å². The molecule has 0 radical (unpaired) electrons. The van der Waals surface area contributed by atoms with Crippen molar-refractivity contribution in [2.24, 2.45) is 0 Å². The average molecular weight is 394 g/mol. The first-order chi connectivity index (χ1) is 11.0. The molecule has 3 rings (SSSR count). The number of amides is 1. The molecule has 0 unspecified atom stereocenters. The number of hydrogen-bond donors (Lipinski definition) is 0. The van der Waals surface area contributed by atoms with Crippen LogP contribution in [0.3, 0.4) is 0 Å². The summed E-state index contributed by atoms with van der Waals surface area (Å²) in [6.45, 7) is 5.22. The van der Waals surface area contributed by atoms with E-state index in [1.165, 1.54) is 11.3 Å². The molecule has 0 aromatic heterocycles. The standard InChI is InChI=1S/C18H18BrClN2O/c1-13-11-16(5-6-17(13)19)21-7-9-22(10-8-21)18(23)14-3-2-4-15(20)12-14/h2-6,11-12H,7-10H2,1H3. The van der Waals surface area contributed by atoms with Gasteiger partial charge in [-0.1, -0.05) is 33.6 Å². The number of anilines is 1. The summed E-state index contributed by atoms with van der Waals surface area (Å²) in [5.74, 6) is 0.0548. The van der Waals surface area contributed by atoms with Crippen LogP contribution in [0.2, 0.25) is 5.02 Å². The summed E-state index contributed by atoms with van der Waals surface area (Å²) in [7, 11) is 0. The SMILES string of the molecule is Cc1cc(N2CCN(C(=O)c3cccc(Cl)c3)CC2)ccc1Br. The Morgan fingerprint density at radius 3 is 2.48 bits per heavy atom. The molecule has 0 saturated carbocycles. The number of halogens is 2. The molecule has 1 fully saturated rings. The number of carbonyl (C=O) groups excluding carboxylic acids is 1. The second-order valence-corrected chi connectivity index (χ2v) is 7.01. The summed E-state index contributed by atoms with van der Waals surface area (Å²) in [5.41, 5.74) is 3.09. The van der Waals surface area contributed by atoms with Crippen LogP contribution in [0.4, 0.5) is 5.69 Å². The first kappa shape index (κ1) is 16.3. The van der Waals surface area contributed by atoms with Crippen LogP contribution in [0.15, 0.2) is 46.9 Å². The second kappa shape index (κ2) is 6.93. The normalized spacial score (nSPS) is 14.9. The van der Waals surface area contributed by atoms with E-state index in [2.05, 4.69) is 46.0 Å². The molecule has 0 aliphatic carbocycles. The first-order valence-corrected chi connectivity index (χ1v) is 8.77. The maximum absolute atomic E-state index is 12.5. The van der Waals surface area contributed by atoms with E-state index in [4.69, 9.17) is 11.6 Å². The van der Waals surface area contributed by atoms with Gasteiger partial charge in [-0.05, 0) is 48.9 Å². The van der Waals surface area contributed by atoms with Crippen LogP contribution in [0.5, 0.6) is 0 Å². The lowest BCUT2D eigenvalue weighted by Crippen LogP contribution is -2.48. The van der Waals surface area contributed by atoms with Crippen molar-refractivity contribution in [3.05, 3.63) is 63.1 Å². The highest BCUT2D eigenvalue weighted by molar-refractivity contribution is 9.10. The number of piperazine rings is 1. The van der Waals surface area contributed by atoms with Gasteiger partial charge in [0.05, 0.1) is 0 Å². The molecular formula is C18H18BrClN2O. The van der Waals surface area contributed by atoms with Crippen LogP contribution < -0.4 is 4.90 Å². The van der Waals surface area contributed by atoms with Crippen molar-refractivity contribution >= 4 is 39.1 Å². The maximum atomic E-state index is 12.5. The Morgan fingerprint density at radius 1 is 1.09 bits per heavy atom. The van der Waals surface area contributed by atoms with Crippen molar-refractivity contribution in [3.8, 4) is 0 Å². The van der Waals surface area contributed by atoms with E-state index < -0.39 is 0 Å². The molecule has 1 aliphatic heterocycles. The summed E-state index contributed by atoms with van der Waals surface area (Å²) >= 11 is 9.51. The molecule has 3 nitrogen and oxygen atoms in total. The summed E-state index contributed by atoms with van der Waals surface area (Å²) < 4.78 is 1.12. The van der Waals surface area contributed by atoms with Crippen LogP contribution in [0, 0.1) is 6.92 Å². The average Bonchev–Trinajstić information content (AvgIpc) is 2.57. The molecule has 0 N–H and O–H groups in total. The minimum atomic E-state index is 0.0548. The molecule has 5 heteroatoms. The predicted molar refractivity (Wildman–Crippen MR) is 98.4 cm³/mol. The van der Waals surface area contributed by atoms with Gasteiger partial charge in [-0.3, -0.25) is 4.79 Å². The van der Waals surface area contributed by atoms with E-state index >= 15 is 0 Å². The third kappa shape index (κ3) is 3.70. The minimum Gasteiger partial charge on any atom is -0.368 e. The monoisotopic (exact) mass is 392 g/mol. The zero-order valence-corrected chi connectivity index (χ0v) is 15.3. The Bertz CT molecular complexity index is 727. The van der Waals surface area contributed by atoms with Crippen molar-refractivity contribution in [2.75, 3.05) is 31.1 Å². The Balaban J connectivity index is 1.66. The van der Waals surface area contributed by atoms with Crippen LogP contribution in [0.1, 0.15) is 15.9 Å². The second-order valence-electron chi connectivity index (χ2n) is 5.72. The number of carbonyl (C=O) groups is 1. The van der Waals surface area contributed by atoms with E-state index in [-0.39, 0.29) is 5.91 Å². The molecule has 1 saturated heterocycles. The van der Waals surface area contributed by atoms with Crippen LogP contribution in [-0.4, -0.2) is 37.0 Å². The summed E-state index contributed by atoms with van der Waals surface area (Å²) in [4.78, 5) is 16.8. The third-order valence-corrected chi connectivity index (χ3v) is 5.27. The van der Waals surface area contributed by atoms with Crippen molar-refractivity contribution in [2.45, 2.75) is 6.92 Å². The van der Waals surface area contributed by atoms with Gasteiger partial charge in [0.15, 0.2) is 0 Å². The molecule has 0 bridgehead atoms. The van der Waals surface area contributed by atoms with Gasteiger partial charge in [0.1, 0.15) is 0 Å². The molecule has 120 valence electrons. The first-order valence-electron chi connectivity index (χ1n) is 7.60. The highest BCUT2D eigenvalue weighted by atomic mass is 79.9. The van der Waals surface area contributed by atoms with E-state index in [0.29, 0.717) is 10.6 Å². The number of hydrogen-bond acceptors (Lipinski definition) is 2. The zero-order chi connectivity index (χ0) is 16.4. The summed E-state index contributed by atoms with van der Waals surface area (Å²) in [6.07, 6.45) is 0. The van der Waals surface area contributed by atoms with Crippen molar-refractivity contribution in [3.63, 3.8) is 0 Å². The van der Waals surface area contributed by atoms with Crippen molar-refractivity contribution in [1.82, 2.24) is 4.90 Å².